The van der Waals surface area contributed by atoms with Crippen LogP contribution in [0.4, 0.5) is 10.1 Å². The number of carboxylic acid groups (broad SMARTS) is 1. The van der Waals surface area contributed by atoms with Crippen LogP contribution in [0.25, 0.3) is 10.9 Å². The lowest BCUT2D eigenvalue weighted by Gasteiger charge is -2.35. The summed E-state index contributed by atoms with van der Waals surface area (Å²) in [6.45, 7) is 0.612. The van der Waals surface area contributed by atoms with Crippen molar-refractivity contribution in [2.24, 2.45) is 5.73 Å². The van der Waals surface area contributed by atoms with Crippen molar-refractivity contribution in [2.45, 2.75) is 50.2 Å². The average Bonchev–Trinajstić information content (AvgIpc) is 3.35. The smallest absolute Gasteiger partial charge is 0.341 e. The Morgan fingerprint density at radius 1 is 1.27 bits per heavy atom. The Labute approximate surface area is 149 Å². The number of carboxylic acids is 1. The van der Waals surface area contributed by atoms with E-state index in [4.69, 9.17) is 5.73 Å². The summed E-state index contributed by atoms with van der Waals surface area (Å²) in [6, 6.07) is 1.68. The third-order valence-corrected chi connectivity index (χ3v) is 5.97. The normalized spacial score (nSPS) is 24.6. The average molecular weight is 357 g/mol. The second-order valence-corrected chi connectivity index (χ2v) is 7.74. The molecule has 2 atom stereocenters. The summed E-state index contributed by atoms with van der Waals surface area (Å²) in [5.41, 5.74) is 7.28. The van der Waals surface area contributed by atoms with Crippen LogP contribution < -0.4 is 16.1 Å². The van der Waals surface area contributed by atoms with Gasteiger partial charge in [0.1, 0.15) is 11.4 Å². The van der Waals surface area contributed by atoms with Gasteiger partial charge in [0, 0.05) is 41.8 Å². The van der Waals surface area contributed by atoms with E-state index in [2.05, 4.69) is 0 Å². The van der Waals surface area contributed by atoms with Crippen LogP contribution in [0.1, 0.15) is 47.6 Å². The Bertz CT molecular complexity index is 1010. The molecule has 1 saturated carbocycles. The van der Waals surface area contributed by atoms with Crippen molar-refractivity contribution in [1.29, 1.82) is 0 Å². The molecule has 2 aliphatic heterocycles. The molecule has 0 radical (unpaired) electrons. The Morgan fingerprint density at radius 3 is 2.73 bits per heavy atom. The van der Waals surface area contributed by atoms with Crippen LogP contribution in [0.3, 0.4) is 0 Å². The van der Waals surface area contributed by atoms with Gasteiger partial charge in [0.2, 0.25) is 5.43 Å². The number of carbonyl (C=O) groups is 1. The highest BCUT2D eigenvalue weighted by Crippen LogP contribution is 2.44. The Kier molecular flexibility index (Phi) is 3.22. The van der Waals surface area contributed by atoms with E-state index in [0.29, 0.717) is 24.2 Å². The number of rotatable bonds is 2. The van der Waals surface area contributed by atoms with E-state index in [9.17, 15) is 14.7 Å². The predicted octanol–water partition coefficient (Wildman–Crippen LogP) is 2.03. The Balaban J connectivity index is 1.85. The van der Waals surface area contributed by atoms with Crippen molar-refractivity contribution in [3.8, 4) is 0 Å². The van der Waals surface area contributed by atoms with Gasteiger partial charge in [-0.2, -0.15) is 0 Å². The lowest BCUT2D eigenvalue weighted by Crippen LogP contribution is -2.36. The number of nitrogens with two attached hydrogens (primary N) is 1. The minimum absolute atomic E-state index is 0.0288. The second kappa shape index (κ2) is 5.30. The first-order valence-electron chi connectivity index (χ1n) is 9.11. The minimum atomic E-state index is -1.27. The number of nitrogens with zero attached hydrogens (tertiary/aromatic N) is 2. The zero-order valence-corrected chi connectivity index (χ0v) is 14.2. The third-order valence-electron chi connectivity index (χ3n) is 5.97. The van der Waals surface area contributed by atoms with Gasteiger partial charge in [-0.15, -0.1) is 0 Å². The maximum Gasteiger partial charge on any atom is 0.341 e. The van der Waals surface area contributed by atoms with Crippen molar-refractivity contribution in [2.75, 3.05) is 11.4 Å². The number of pyridine rings is 1. The number of hydrogen-bond acceptors (Lipinski definition) is 4. The third kappa shape index (κ3) is 2.13. The maximum absolute atomic E-state index is 15.0. The first-order chi connectivity index (χ1) is 12.5. The molecule has 0 spiro atoms. The maximum atomic E-state index is 15.0. The van der Waals surface area contributed by atoms with Gasteiger partial charge in [-0.3, -0.25) is 4.79 Å². The van der Waals surface area contributed by atoms with Crippen molar-refractivity contribution >= 4 is 22.6 Å². The van der Waals surface area contributed by atoms with E-state index in [1.54, 1.807) is 0 Å². The lowest BCUT2D eigenvalue weighted by molar-refractivity contribution is 0.0695. The molecule has 2 fully saturated rings. The van der Waals surface area contributed by atoms with Crippen LogP contribution in [-0.4, -0.2) is 34.3 Å². The van der Waals surface area contributed by atoms with Crippen molar-refractivity contribution in [3.05, 3.63) is 39.4 Å². The number of aryl methyl sites for hydroxylation is 1. The first kappa shape index (κ1) is 15.8. The van der Waals surface area contributed by atoms with Gasteiger partial charge < -0.3 is 20.3 Å². The number of aromatic carboxylic acids is 1. The topological polar surface area (TPSA) is 88.6 Å². The zero-order valence-electron chi connectivity index (χ0n) is 14.2. The quantitative estimate of drug-likeness (QED) is 0.858. The SMILES string of the molecule is N[C@H]1C[C@H]2CCc3c(c(F)cc4c(=O)c(C(=O)O)cn(C5CC5)c34)N2C1. The minimum Gasteiger partial charge on any atom is -0.477 e. The molecule has 7 heteroatoms. The highest BCUT2D eigenvalue weighted by molar-refractivity contribution is 5.95. The summed E-state index contributed by atoms with van der Waals surface area (Å²) in [4.78, 5) is 26.2. The predicted molar refractivity (Wildman–Crippen MR) is 95.4 cm³/mol. The summed E-state index contributed by atoms with van der Waals surface area (Å²) in [6.07, 6.45) is 5.74. The number of fused-ring (bicyclic) bond motifs is 5. The molecule has 0 unspecified atom stereocenters. The standard InChI is InChI=1S/C19H20FN3O3/c20-15-6-13-16(12-4-3-11-5-9(21)7-22(11)17(12)15)23(10-1-2-10)8-14(18(13)24)19(25)26/h6,8-11H,1-5,7,21H2,(H,25,26)/t9-,11+/m0/s1. The second-order valence-electron chi connectivity index (χ2n) is 7.74. The molecule has 2 aromatic rings. The molecule has 5 rings (SSSR count). The molecular weight excluding hydrogens is 337 g/mol. The molecular formula is C19H20FN3O3. The van der Waals surface area contributed by atoms with Gasteiger partial charge in [0.25, 0.3) is 0 Å². The monoisotopic (exact) mass is 357 g/mol. The van der Waals surface area contributed by atoms with Crippen LogP contribution in [0, 0.1) is 5.82 Å². The number of halogens is 1. The van der Waals surface area contributed by atoms with Crippen LogP contribution in [0.15, 0.2) is 17.1 Å². The molecule has 3 N–H and O–H groups in total. The first-order valence-corrected chi connectivity index (χ1v) is 9.11. The Morgan fingerprint density at radius 2 is 2.04 bits per heavy atom. The molecule has 1 aliphatic carbocycles. The van der Waals surface area contributed by atoms with E-state index in [-0.39, 0.29) is 29.1 Å². The molecule has 1 aromatic carbocycles. The van der Waals surface area contributed by atoms with Crippen molar-refractivity contribution in [1.82, 2.24) is 4.57 Å². The Hall–Kier alpha value is -2.41. The summed E-state index contributed by atoms with van der Waals surface area (Å²) < 4.78 is 16.9. The van der Waals surface area contributed by atoms with Crippen LogP contribution in [0.5, 0.6) is 0 Å². The summed E-state index contributed by atoms with van der Waals surface area (Å²) >= 11 is 0. The summed E-state index contributed by atoms with van der Waals surface area (Å²) in [5, 5.41) is 9.56. The van der Waals surface area contributed by atoms with Crippen LogP contribution in [0.2, 0.25) is 0 Å². The number of aromatic nitrogens is 1. The zero-order chi connectivity index (χ0) is 18.2. The van der Waals surface area contributed by atoms with Crippen LogP contribution in [-0.2, 0) is 6.42 Å². The molecule has 1 aromatic heterocycles. The van der Waals surface area contributed by atoms with Crippen LogP contribution >= 0.6 is 0 Å². The molecule has 3 heterocycles. The fourth-order valence-corrected chi connectivity index (χ4v) is 4.71. The van der Waals surface area contributed by atoms with E-state index in [1.807, 2.05) is 9.47 Å². The number of anilines is 1. The van der Waals surface area contributed by atoms with Gasteiger partial charge in [0.05, 0.1) is 11.2 Å². The van der Waals surface area contributed by atoms with Gasteiger partial charge in [0.15, 0.2) is 0 Å². The number of benzene rings is 1. The molecule has 136 valence electrons. The van der Waals surface area contributed by atoms with E-state index in [1.165, 1.54) is 12.3 Å². The number of hydrogen-bond donors (Lipinski definition) is 2. The highest BCUT2D eigenvalue weighted by Gasteiger charge is 2.38. The van der Waals surface area contributed by atoms with E-state index < -0.39 is 17.2 Å². The summed E-state index contributed by atoms with van der Waals surface area (Å²) in [7, 11) is 0. The molecule has 0 amide bonds. The van der Waals surface area contributed by atoms with Crippen molar-refractivity contribution < 1.29 is 14.3 Å². The highest BCUT2D eigenvalue weighted by atomic mass is 19.1. The van der Waals surface area contributed by atoms with Gasteiger partial charge in [-0.1, -0.05) is 0 Å². The van der Waals surface area contributed by atoms with Gasteiger partial charge in [-0.05, 0) is 38.2 Å². The van der Waals surface area contributed by atoms with Crippen molar-refractivity contribution in [3.63, 3.8) is 0 Å². The molecule has 26 heavy (non-hydrogen) atoms. The fourth-order valence-electron chi connectivity index (χ4n) is 4.71. The molecule has 3 aliphatic rings. The van der Waals surface area contributed by atoms with E-state index in [0.717, 1.165) is 31.2 Å². The van der Waals surface area contributed by atoms with Gasteiger partial charge in [-0.25, -0.2) is 9.18 Å². The molecule has 0 bridgehead atoms. The molecule has 1 saturated heterocycles. The fraction of sp³-hybridized carbons (Fsp3) is 0.474. The lowest BCUT2D eigenvalue weighted by atomic mass is 9.92. The van der Waals surface area contributed by atoms with E-state index >= 15 is 4.39 Å². The van der Waals surface area contributed by atoms with Gasteiger partial charge >= 0.3 is 5.97 Å². The molecule has 6 nitrogen and oxygen atoms in total. The largest absolute Gasteiger partial charge is 0.477 e. The summed E-state index contributed by atoms with van der Waals surface area (Å²) in [5.74, 6) is -1.72.